The summed E-state index contributed by atoms with van der Waals surface area (Å²) in [5.74, 6) is 0.380. The first-order valence-corrected chi connectivity index (χ1v) is 6.43. The van der Waals surface area contributed by atoms with Crippen LogP contribution < -0.4 is 0 Å². The molecule has 6 heteroatoms. The highest BCUT2D eigenvalue weighted by Gasteiger charge is 2.48. The van der Waals surface area contributed by atoms with E-state index in [0.717, 1.165) is 13.3 Å². The lowest BCUT2D eigenvalue weighted by Gasteiger charge is -2.15. The summed E-state index contributed by atoms with van der Waals surface area (Å²) in [7, 11) is -4.97. The molecule has 0 aromatic carbocycles. The average Bonchev–Trinajstić information content (AvgIpc) is 2.01. The summed E-state index contributed by atoms with van der Waals surface area (Å²) in [5, 5.41) is -1.34. The lowest BCUT2D eigenvalue weighted by atomic mass is 10.1. The molecule has 0 N–H and O–H groups in total. The van der Waals surface area contributed by atoms with Crippen LogP contribution in [0.3, 0.4) is 0 Å². The van der Waals surface area contributed by atoms with E-state index >= 15 is 0 Å². The Balaban J connectivity index is 4.28. The molecule has 0 spiro atoms. The zero-order chi connectivity index (χ0) is 12.3. The Labute approximate surface area is 88.8 Å². The first-order chi connectivity index (χ1) is 6.59. The van der Waals surface area contributed by atoms with E-state index in [1.807, 2.05) is 13.8 Å². The van der Waals surface area contributed by atoms with Crippen molar-refractivity contribution in [3.63, 3.8) is 0 Å². The highest BCUT2D eigenvalue weighted by Crippen LogP contribution is 2.29. The van der Waals surface area contributed by atoms with Crippen LogP contribution in [0.2, 0.25) is 0 Å². The fourth-order valence-electron chi connectivity index (χ4n) is 1.20. The van der Waals surface area contributed by atoms with E-state index in [0.29, 0.717) is 12.3 Å². The molecule has 0 fully saturated rings. The molecule has 0 heterocycles. The number of rotatable bonds is 5. The quantitative estimate of drug-likeness (QED) is 0.746. The number of alkyl halides is 3. The number of halogens is 3. The van der Waals surface area contributed by atoms with Gasteiger partial charge in [-0.15, -0.1) is 0 Å². The van der Waals surface area contributed by atoms with Crippen molar-refractivity contribution in [1.82, 2.24) is 0 Å². The second kappa shape index (κ2) is 5.18. The third kappa shape index (κ3) is 4.40. The van der Waals surface area contributed by atoms with E-state index in [-0.39, 0.29) is 6.42 Å². The van der Waals surface area contributed by atoms with E-state index in [4.69, 9.17) is 0 Å². The zero-order valence-corrected chi connectivity index (χ0v) is 9.95. The molecule has 2 nitrogen and oxygen atoms in total. The molecular formula is C9H17F3O2S. The van der Waals surface area contributed by atoms with E-state index in [9.17, 15) is 21.6 Å². The highest BCUT2D eigenvalue weighted by molar-refractivity contribution is 7.92. The van der Waals surface area contributed by atoms with Crippen LogP contribution in [-0.4, -0.2) is 19.2 Å². The van der Waals surface area contributed by atoms with Gasteiger partial charge < -0.3 is 0 Å². The molecular weight excluding hydrogens is 229 g/mol. The maximum absolute atomic E-state index is 12.1. The van der Waals surface area contributed by atoms with Gasteiger partial charge in [0.25, 0.3) is 0 Å². The predicted octanol–water partition coefficient (Wildman–Crippen LogP) is 3.14. The Morgan fingerprint density at radius 3 is 1.87 bits per heavy atom. The third-order valence-corrected chi connectivity index (χ3v) is 4.18. The smallest absolute Gasteiger partial charge is 0.219 e. The van der Waals surface area contributed by atoms with Gasteiger partial charge in [0.15, 0.2) is 0 Å². The summed E-state index contributed by atoms with van der Waals surface area (Å²) in [5.41, 5.74) is -5.12. The Hall–Kier alpha value is -0.260. The molecule has 0 aromatic heterocycles. The molecule has 0 radical (unpaired) electrons. The number of hydrogen-bond donors (Lipinski definition) is 0. The van der Waals surface area contributed by atoms with Crippen LogP contribution in [0.25, 0.3) is 0 Å². The van der Waals surface area contributed by atoms with E-state index in [1.165, 1.54) is 0 Å². The summed E-state index contributed by atoms with van der Waals surface area (Å²) in [6.45, 7) is 5.01. The molecule has 0 aliphatic heterocycles. The number of hydrogen-bond acceptors (Lipinski definition) is 2. The van der Waals surface area contributed by atoms with Crippen molar-refractivity contribution in [2.75, 3.05) is 0 Å². The van der Waals surface area contributed by atoms with Crippen LogP contribution in [0.15, 0.2) is 0 Å². The molecule has 0 rings (SSSR count). The van der Waals surface area contributed by atoms with Gasteiger partial charge in [-0.05, 0) is 19.3 Å². The minimum atomic E-state index is -5.12. The lowest BCUT2D eigenvalue weighted by Crippen LogP contribution is -2.32. The standard InChI is InChI=1S/C9H17F3O2S/c1-7(2)5-4-6-8(3)15(13,14)9(10,11)12/h7-8H,4-6H2,1-3H3. The monoisotopic (exact) mass is 246 g/mol. The van der Waals surface area contributed by atoms with Gasteiger partial charge >= 0.3 is 5.51 Å². The van der Waals surface area contributed by atoms with Crippen molar-refractivity contribution in [3.8, 4) is 0 Å². The van der Waals surface area contributed by atoms with Crippen molar-refractivity contribution in [2.24, 2.45) is 5.92 Å². The molecule has 0 bridgehead atoms. The normalized spacial score (nSPS) is 15.7. The van der Waals surface area contributed by atoms with Gasteiger partial charge in [-0.2, -0.15) is 13.2 Å². The van der Waals surface area contributed by atoms with Crippen molar-refractivity contribution in [1.29, 1.82) is 0 Å². The number of sulfone groups is 1. The second-order valence-electron chi connectivity index (χ2n) is 4.13. The Morgan fingerprint density at radius 1 is 1.07 bits per heavy atom. The van der Waals surface area contributed by atoms with Crippen molar-refractivity contribution in [2.45, 2.75) is 50.8 Å². The highest BCUT2D eigenvalue weighted by atomic mass is 32.2. The van der Waals surface area contributed by atoms with Crippen LogP contribution >= 0.6 is 0 Å². The van der Waals surface area contributed by atoms with Crippen LogP contribution in [0.1, 0.15) is 40.0 Å². The first-order valence-electron chi connectivity index (χ1n) is 4.89. The predicted molar refractivity (Wildman–Crippen MR) is 53.1 cm³/mol. The summed E-state index contributed by atoms with van der Waals surface area (Å²) in [4.78, 5) is 0. The SMILES string of the molecule is CC(C)CCCC(C)S(=O)(=O)C(F)(F)F. The summed E-state index contributed by atoms with van der Waals surface area (Å²) >= 11 is 0. The Morgan fingerprint density at radius 2 is 1.53 bits per heavy atom. The van der Waals surface area contributed by atoms with E-state index in [1.54, 1.807) is 0 Å². The maximum Gasteiger partial charge on any atom is 0.497 e. The fraction of sp³-hybridized carbons (Fsp3) is 1.00. The van der Waals surface area contributed by atoms with Crippen molar-refractivity contribution < 1.29 is 21.6 Å². The van der Waals surface area contributed by atoms with Crippen LogP contribution in [-0.2, 0) is 9.84 Å². The van der Waals surface area contributed by atoms with Crippen LogP contribution in [0, 0.1) is 5.92 Å². The fourth-order valence-corrected chi connectivity index (χ4v) is 2.13. The molecule has 0 aromatic rings. The molecule has 0 saturated heterocycles. The minimum Gasteiger partial charge on any atom is -0.219 e. The van der Waals surface area contributed by atoms with Gasteiger partial charge in [-0.1, -0.05) is 26.7 Å². The molecule has 0 aliphatic carbocycles. The molecule has 1 atom stereocenters. The lowest BCUT2D eigenvalue weighted by molar-refractivity contribution is -0.0444. The molecule has 0 aliphatic rings. The molecule has 0 saturated carbocycles. The topological polar surface area (TPSA) is 34.1 Å². The van der Waals surface area contributed by atoms with Crippen LogP contribution in [0.4, 0.5) is 13.2 Å². The second-order valence-corrected chi connectivity index (χ2v) is 6.48. The van der Waals surface area contributed by atoms with Crippen molar-refractivity contribution >= 4 is 9.84 Å². The Kier molecular flexibility index (Phi) is 5.09. The summed E-state index contributed by atoms with van der Waals surface area (Å²) < 4.78 is 58.1. The zero-order valence-electron chi connectivity index (χ0n) is 9.13. The summed E-state index contributed by atoms with van der Waals surface area (Å²) in [6, 6.07) is 0. The van der Waals surface area contributed by atoms with Crippen molar-refractivity contribution in [3.05, 3.63) is 0 Å². The van der Waals surface area contributed by atoms with Gasteiger partial charge in [0.1, 0.15) is 0 Å². The third-order valence-electron chi connectivity index (χ3n) is 2.24. The largest absolute Gasteiger partial charge is 0.497 e. The van der Waals surface area contributed by atoms with Gasteiger partial charge in [0.05, 0.1) is 5.25 Å². The molecule has 0 amide bonds. The van der Waals surface area contributed by atoms with Gasteiger partial charge in [-0.3, -0.25) is 0 Å². The van der Waals surface area contributed by atoms with Crippen LogP contribution in [0.5, 0.6) is 0 Å². The molecule has 15 heavy (non-hydrogen) atoms. The first kappa shape index (κ1) is 14.7. The molecule has 92 valence electrons. The Bertz CT molecular complexity index is 280. The summed E-state index contributed by atoms with van der Waals surface area (Å²) in [6.07, 6.45) is 1.33. The van der Waals surface area contributed by atoms with Gasteiger partial charge in [-0.25, -0.2) is 8.42 Å². The van der Waals surface area contributed by atoms with Gasteiger partial charge in [0.2, 0.25) is 9.84 Å². The maximum atomic E-state index is 12.1. The average molecular weight is 246 g/mol. The van der Waals surface area contributed by atoms with Gasteiger partial charge in [0, 0.05) is 0 Å². The minimum absolute atomic E-state index is 0.0695. The van der Waals surface area contributed by atoms with E-state index in [2.05, 4.69) is 0 Å². The molecule has 1 unspecified atom stereocenters. The van der Waals surface area contributed by atoms with E-state index < -0.39 is 20.6 Å².